The van der Waals surface area contributed by atoms with Gasteiger partial charge in [0, 0.05) is 12.3 Å². The third-order valence-electron chi connectivity index (χ3n) is 5.74. The third kappa shape index (κ3) is 4.15. The predicted octanol–water partition coefficient (Wildman–Crippen LogP) is 4.34. The lowest BCUT2D eigenvalue weighted by atomic mass is 10.1. The number of hydrogen-bond acceptors (Lipinski definition) is 7. The van der Waals surface area contributed by atoms with E-state index in [1.165, 1.54) is 16.7 Å². The largest absolute Gasteiger partial charge is 0.497 e. The summed E-state index contributed by atoms with van der Waals surface area (Å²) in [5, 5.41) is 9.52. The Kier molecular flexibility index (Phi) is 6.24. The number of para-hydroxylation sites is 1. The molecule has 2 amide bonds. The van der Waals surface area contributed by atoms with E-state index < -0.39 is 0 Å². The molecule has 0 saturated carbocycles. The van der Waals surface area contributed by atoms with Crippen LogP contribution >= 0.6 is 11.8 Å². The number of fused-ring (bicyclic) bond motifs is 1. The molecule has 0 radical (unpaired) electrons. The first kappa shape index (κ1) is 22.7. The van der Waals surface area contributed by atoms with Crippen LogP contribution in [0.15, 0.2) is 78.0 Å². The van der Waals surface area contributed by atoms with Crippen LogP contribution in [0.25, 0.3) is 17.1 Å². The minimum atomic E-state index is -0.266. The molecule has 0 saturated heterocycles. The van der Waals surface area contributed by atoms with Gasteiger partial charge in [-0.25, -0.2) is 0 Å². The molecule has 0 spiro atoms. The Morgan fingerprint density at radius 1 is 0.771 bits per heavy atom. The lowest BCUT2D eigenvalue weighted by molar-refractivity contribution is 0.0664. The van der Waals surface area contributed by atoms with Gasteiger partial charge in [-0.1, -0.05) is 36.0 Å². The number of rotatable bonds is 8. The minimum Gasteiger partial charge on any atom is -0.497 e. The molecule has 176 valence electrons. The van der Waals surface area contributed by atoms with Crippen molar-refractivity contribution in [1.29, 1.82) is 0 Å². The maximum atomic E-state index is 12.7. The van der Waals surface area contributed by atoms with Crippen LogP contribution < -0.4 is 9.47 Å². The lowest BCUT2D eigenvalue weighted by Crippen LogP contribution is -2.31. The van der Waals surface area contributed by atoms with Crippen LogP contribution in [0.3, 0.4) is 0 Å². The maximum absolute atomic E-state index is 12.7. The van der Waals surface area contributed by atoms with Crippen LogP contribution in [-0.2, 0) is 0 Å². The molecule has 5 rings (SSSR count). The Balaban J connectivity index is 1.44. The molecular formula is C26H22N4O4S. The number of imide groups is 1. The average molecular weight is 487 g/mol. The van der Waals surface area contributed by atoms with Gasteiger partial charge in [-0.2, -0.15) is 0 Å². The summed E-state index contributed by atoms with van der Waals surface area (Å²) in [7, 11) is 3.24. The molecular weight excluding hydrogens is 464 g/mol. The van der Waals surface area contributed by atoms with E-state index in [2.05, 4.69) is 10.2 Å². The van der Waals surface area contributed by atoms with E-state index in [0.717, 1.165) is 17.0 Å². The highest BCUT2D eigenvalue weighted by Gasteiger charge is 2.34. The van der Waals surface area contributed by atoms with Crippen molar-refractivity contribution >= 4 is 23.6 Å². The number of hydrogen-bond donors (Lipinski definition) is 0. The molecule has 0 atom stereocenters. The summed E-state index contributed by atoms with van der Waals surface area (Å²) in [4.78, 5) is 26.7. The van der Waals surface area contributed by atoms with Crippen LogP contribution in [-0.4, -0.2) is 58.0 Å². The van der Waals surface area contributed by atoms with Gasteiger partial charge in [-0.3, -0.25) is 19.1 Å². The van der Waals surface area contributed by atoms with Crippen LogP contribution in [0, 0.1) is 0 Å². The van der Waals surface area contributed by atoms with Gasteiger partial charge < -0.3 is 9.47 Å². The number of amides is 2. The molecule has 4 aromatic rings. The fourth-order valence-electron chi connectivity index (χ4n) is 4.00. The fraction of sp³-hybridized carbons (Fsp3) is 0.154. The summed E-state index contributed by atoms with van der Waals surface area (Å²) >= 11 is 1.42. The molecule has 1 aliphatic heterocycles. The van der Waals surface area contributed by atoms with Crippen molar-refractivity contribution in [3.05, 3.63) is 83.9 Å². The number of thioether (sulfide) groups is 1. The second-order valence-corrected chi connectivity index (χ2v) is 8.76. The number of carbonyl (C=O) groups is 2. The Morgan fingerprint density at radius 3 is 2.03 bits per heavy atom. The second kappa shape index (κ2) is 9.63. The molecule has 0 aliphatic carbocycles. The first-order valence-electron chi connectivity index (χ1n) is 10.9. The number of aromatic nitrogens is 3. The first-order valence-corrected chi connectivity index (χ1v) is 11.9. The summed E-state index contributed by atoms with van der Waals surface area (Å²) < 4.78 is 12.8. The maximum Gasteiger partial charge on any atom is 0.261 e. The molecule has 0 unspecified atom stereocenters. The van der Waals surface area contributed by atoms with Gasteiger partial charge in [0.1, 0.15) is 11.5 Å². The molecule has 9 heteroatoms. The second-order valence-electron chi connectivity index (χ2n) is 7.70. The minimum absolute atomic E-state index is 0.260. The number of nitrogens with zero attached hydrogens (tertiary/aromatic N) is 4. The normalized spacial score (nSPS) is 12.7. The van der Waals surface area contributed by atoms with Gasteiger partial charge in [0.05, 0.1) is 36.6 Å². The summed E-state index contributed by atoms with van der Waals surface area (Å²) in [6.07, 6.45) is 0. The zero-order valence-electron chi connectivity index (χ0n) is 19.2. The summed E-state index contributed by atoms with van der Waals surface area (Å²) in [6.45, 7) is 0.260. The zero-order valence-corrected chi connectivity index (χ0v) is 20.0. The van der Waals surface area contributed by atoms with Crippen molar-refractivity contribution in [3.8, 4) is 28.6 Å². The quantitative estimate of drug-likeness (QED) is 0.270. The fourth-order valence-corrected chi connectivity index (χ4v) is 4.88. The smallest absolute Gasteiger partial charge is 0.261 e. The van der Waals surface area contributed by atoms with Crippen molar-refractivity contribution in [2.45, 2.75) is 5.16 Å². The average Bonchev–Trinajstić information content (AvgIpc) is 3.43. The Labute approximate surface area is 206 Å². The molecule has 8 nitrogen and oxygen atoms in total. The van der Waals surface area contributed by atoms with E-state index in [-0.39, 0.29) is 18.4 Å². The Bertz CT molecular complexity index is 1370. The molecule has 1 aliphatic rings. The van der Waals surface area contributed by atoms with Crippen molar-refractivity contribution in [1.82, 2.24) is 19.7 Å². The van der Waals surface area contributed by atoms with Crippen molar-refractivity contribution < 1.29 is 19.1 Å². The highest BCUT2D eigenvalue weighted by molar-refractivity contribution is 7.99. The van der Waals surface area contributed by atoms with Crippen LogP contribution in [0.4, 0.5) is 0 Å². The molecule has 35 heavy (non-hydrogen) atoms. The summed E-state index contributed by atoms with van der Waals surface area (Å²) in [6, 6.07) is 22.1. The van der Waals surface area contributed by atoms with E-state index in [1.807, 2.05) is 53.1 Å². The summed E-state index contributed by atoms with van der Waals surface area (Å²) in [5.74, 6) is 1.97. The van der Waals surface area contributed by atoms with E-state index in [4.69, 9.17) is 9.47 Å². The van der Waals surface area contributed by atoms with E-state index in [1.54, 1.807) is 38.5 Å². The zero-order chi connectivity index (χ0) is 24.4. The first-order chi connectivity index (χ1) is 17.1. The van der Waals surface area contributed by atoms with Gasteiger partial charge in [-0.15, -0.1) is 10.2 Å². The Morgan fingerprint density at radius 2 is 1.40 bits per heavy atom. The van der Waals surface area contributed by atoms with Crippen LogP contribution in [0.5, 0.6) is 11.5 Å². The highest BCUT2D eigenvalue weighted by Crippen LogP contribution is 2.34. The van der Waals surface area contributed by atoms with Gasteiger partial charge in [0.2, 0.25) is 0 Å². The topological polar surface area (TPSA) is 86.6 Å². The SMILES string of the molecule is COc1ccc(-n2c(SCCN3C(=O)c4ccccc4C3=O)nnc2-c2ccccc2OC)cc1. The van der Waals surface area contributed by atoms with Crippen molar-refractivity contribution in [3.63, 3.8) is 0 Å². The van der Waals surface area contributed by atoms with Crippen LogP contribution in [0.1, 0.15) is 20.7 Å². The molecule has 3 aromatic carbocycles. The van der Waals surface area contributed by atoms with Gasteiger partial charge in [0.25, 0.3) is 11.8 Å². The van der Waals surface area contributed by atoms with Crippen molar-refractivity contribution in [2.24, 2.45) is 0 Å². The predicted molar refractivity (Wildman–Crippen MR) is 132 cm³/mol. The monoisotopic (exact) mass is 486 g/mol. The van der Waals surface area contributed by atoms with Crippen LogP contribution in [0.2, 0.25) is 0 Å². The number of ether oxygens (including phenoxy) is 2. The van der Waals surface area contributed by atoms with E-state index in [0.29, 0.717) is 33.6 Å². The van der Waals surface area contributed by atoms with Gasteiger partial charge in [-0.05, 0) is 48.5 Å². The number of methoxy groups -OCH3 is 2. The van der Waals surface area contributed by atoms with Gasteiger partial charge >= 0.3 is 0 Å². The number of benzene rings is 3. The van der Waals surface area contributed by atoms with E-state index >= 15 is 0 Å². The molecule has 0 fully saturated rings. The molecule has 2 heterocycles. The highest BCUT2D eigenvalue weighted by atomic mass is 32.2. The molecule has 0 N–H and O–H groups in total. The van der Waals surface area contributed by atoms with E-state index in [9.17, 15) is 9.59 Å². The Hall–Kier alpha value is -4.11. The van der Waals surface area contributed by atoms with Gasteiger partial charge in [0.15, 0.2) is 11.0 Å². The third-order valence-corrected chi connectivity index (χ3v) is 6.65. The standard InChI is InChI=1S/C26H22N4O4S/c1-33-18-13-11-17(12-14-18)30-23(21-9-5-6-10-22(21)34-2)27-28-26(30)35-16-15-29-24(31)19-7-3-4-8-20(19)25(29)32/h3-14H,15-16H2,1-2H3. The van der Waals surface area contributed by atoms with Crippen molar-refractivity contribution in [2.75, 3.05) is 26.5 Å². The lowest BCUT2D eigenvalue weighted by Gasteiger charge is -2.15. The summed E-state index contributed by atoms with van der Waals surface area (Å²) in [5.41, 5.74) is 2.54. The molecule has 1 aromatic heterocycles. The molecule has 0 bridgehead atoms. The number of carbonyl (C=O) groups excluding carboxylic acids is 2.